The summed E-state index contributed by atoms with van der Waals surface area (Å²) in [5.41, 5.74) is 0.0965. The largest absolute Gasteiger partial charge is 0.476 e. The maximum atomic E-state index is 10.6. The molecule has 2 N–H and O–H groups in total. The summed E-state index contributed by atoms with van der Waals surface area (Å²) in [6, 6.07) is 0. The van der Waals surface area contributed by atoms with Crippen molar-refractivity contribution in [2.24, 2.45) is 0 Å². The SMILES string of the molecule is O=C(O)c1csc(C2CNCCO2)n1. The van der Waals surface area contributed by atoms with E-state index in [9.17, 15) is 4.79 Å². The van der Waals surface area contributed by atoms with Gasteiger partial charge in [0.15, 0.2) is 5.69 Å². The second-order valence-electron chi connectivity index (χ2n) is 2.94. The number of thiazole rings is 1. The average molecular weight is 214 g/mol. The number of nitrogens with zero attached hydrogens (tertiary/aromatic N) is 1. The molecule has 6 heteroatoms. The van der Waals surface area contributed by atoms with Crippen molar-refractivity contribution in [1.82, 2.24) is 10.3 Å². The smallest absolute Gasteiger partial charge is 0.355 e. The fourth-order valence-corrected chi connectivity index (χ4v) is 2.10. The van der Waals surface area contributed by atoms with Crippen molar-refractivity contribution in [2.45, 2.75) is 6.10 Å². The van der Waals surface area contributed by atoms with Crippen LogP contribution in [0.3, 0.4) is 0 Å². The van der Waals surface area contributed by atoms with Crippen LogP contribution in [0.4, 0.5) is 0 Å². The lowest BCUT2D eigenvalue weighted by molar-refractivity contribution is 0.0274. The van der Waals surface area contributed by atoms with Gasteiger partial charge >= 0.3 is 5.97 Å². The van der Waals surface area contributed by atoms with Gasteiger partial charge in [0.2, 0.25) is 0 Å². The third-order valence-corrected chi connectivity index (χ3v) is 2.88. The summed E-state index contributed by atoms with van der Waals surface area (Å²) in [5, 5.41) is 14.1. The number of hydrogen-bond acceptors (Lipinski definition) is 5. The fraction of sp³-hybridized carbons (Fsp3) is 0.500. The molecule has 0 bridgehead atoms. The highest BCUT2D eigenvalue weighted by atomic mass is 32.1. The van der Waals surface area contributed by atoms with Crippen molar-refractivity contribution >= 4 is 17.3 Å². The zero-order valence-electron chi connectivity index (χ0n) is 7.40. The molecule has 5 nitrogen and oxygen atoms in total. The van der Waals surface area contributed by atoms with Crippen LogP contribution in [0, 0.1) is 0 Å². The van der Waals surface area contributed by atoms with E-state index >= 15 is 0 Å². The molecule has 0 aromatic carbocycles. The van der Waals surface area contributed by atoms with E-state index < -0.39 is 5.97 Å². The monoisotopic (exact) mass is 214 g/mol. The molecule has 1 aromatic rings. The van der Waals surface area contributed by atoms with Crippen LogP contribution in [0.2, 0.25) is 0 Å². The molecule has 1 aromatic heterocycles. The predicted octanol–water partition coefficient (Wildman–Crippen LogP) is 0.502. The van der Waals surface area contributed by atoms with Gasteiger partial charge in [0.05, 0.1) is 6.61 Å². The second-order valence-corrected chi connectivity index (χ2v) is 3.83. The van der Waals surface area contributed by atoms with Crippen molar-refractivity contribution in [3.63, 3.8) is 0 Å². The van der Waals surface area contributed by atoms with Crippen LogP contribution in [0.1, 0.15) is 21.6 Å². The number of carboxylic acid groups (broad SMARTS) is 1. The Kier molecular flexibility index (Phi) is 2.76. The Hall–Kier alpha value is -0.980. The molecule has 76 valence electrons. The van der Waals surface area contributed by atoms with Crippen molar-refractivity contribution in [3.05, 3.63) is 16.1 Å². The Bertz CT molecular complexity index is 333. The Labute approximate surface area is 84.7 Å². The first-order chi connectivity index (χ1) is 6.77. The molecule has 2 rings (SSSR count). The topological polar surface area (TPSA) is 71.5 Å². The number of rotatable bonds is 2. The molecule has 1 aliphatic rings. The van der Waals surface area contributed by atoms with E-state index in [-0.39, 0.29) is 11.8 Å². The van der Waals surface area contributed by atoms with Gasteiger partial charge in [0, 0.05) is 18.5 Å². The normalized spacial score (nSPS) is 22.1. The third-order valence-electron chi connectivity index (χ3n) is 1.94. The highest BCUT2D eigenvalue weighted by Crippen LogP contribution is 2.22. The summed E-state index contributed by atoms with van der Waals surface area (Å²) in [4.78, 5) is 14.6. The number of carboxylic acids is 1. The van der Waals surface area contributed by atoms with E-state index in [0.717, 1.165) is 11.6 Å². The van der Waals surface area contributed by atoms with Crippen LogP contribution in [-0.2, 0) is 4.74 Å². The van der Waals surface area contributed by atoms with Crippen LogP contribution in [0.15, 0.2) is 5.38 Å². The van der Waals surface area contributed by atoms with Gasteiger partial charge in [-0.15, -0.1) is 11.3 Å². The van der Waals surface area contributed by atoms with E-state index in [2.05, 4.69) is 10.3 Å². The third kappa shape index (κ3) is 1.92. The zero-order valence-corrected chi connectivity index (χ0v) is 8.21. The number of carbonyl (C=O) groups is 1. The van der Waals surface area contributed by atoms with E-state index in [1.807, 2.05) is 0 Å². The van der Waals surface area contributed by atoms with Crippen molar-refractivity contribution in [3.8, 4) is 0 Å². The lowest BCUT2D eigenvalue weighted by Crippen LogP contribution is -2.33. The molecule has 1 atom stereocenters. The molecule has 0 spiro atoms. The number of nitrogens with one attached hydrogen (secondary N) is 1. The molecule has 0 aliphatic carbocycles. The first-order valence-corrected chi connectivity index (χ1v) is 5.16. The number of morpholine rings is 1. The van der Waals surface area contributed by atoms with Crippen molar-refractivity contribution in [1.29, 1.82) is 0 Å². The molecule has 1 aliphatic heterocycles. The van der Waals surface area contributed by atoms with Gasteiger partial charge in [0.1, 0.15) is 11.1 Å². The van der Waals surface area contributed by atoms with Crippen LogP contribution in [0.5, 0.6) is 0 Å². The molecule has 0 amide bonds. The molecular weight excluding hydrogens is 204 g/mol. The zero-order chi connectivity index (χ0) is 9.97. The average Bonchev–Trinajstić information content (AvgIpc) is 2.68. The quantitative estimate of drug-likeness (QED) is 0.750. The van der Waals surface area contributed by atoms with E-state index in [4.69, 9.17) is 9.84 Å². The van der Waals surface area contributed by atoms with Gasteiger partial charge in [-0.3, -0.25) is 0 Å². The number of hydrogen-bond donors (Lipinski definition) is 2. The molecular formula is C8H10N2O3S. The highest BCUT2D eigenvalue weighted by Gasteiger charge is 2.20. The minimum absolute atomic E-state index is 0.0955. The van der Waals surface area contributed by atoms with Gasteiger partial charge < -0.3 is 15.2 Å². The Balaban J connectivity index is 2.11. The van der Waals surface area contributed by atoms with Crippen LogP contribution in [-0.4, -0.2) is 35.8 Å². The van der Waals surface area contributed by atoms with E-state index in [0.29, 0.717) is 13.2 Å². The molecule has 0 saturated carbocycles. The van der Waals surface area contributed by atoms with Gasteiger partial charge in [-0.25, -0.2) is 9.78 Å². The number of aromatic nitrogens is 1. The van der Waals surface area contributed by atoms with Gasteiger partial charge in [-0.2, -0.15) is 0 Å². The maximum Gasteiger partial charge on any atom is 0.355 e. The summed E-state index contributed by atoms with van der Waals surface area (Å²) in [6.07, 6.45) is -0.0955. The van der Waals surface area contributed by atoms with Crippen LogP contribution < -0.4 is 5.32 Å². The summed E-state index contributed by atoms with van der Waals surface area (Å²) in [6.45, 7) is 2.19. The molecule has 1 unspecified atom stereocenters. The second kappa shape index (κ2) is 4.04. The number of ether oxygens (including phenoxy) is 1. The standard InChI is InChI=1S/C8H10N2O3S/c11-8(12)5-4-14-7(10-5)6-3-9-1-2-13-6/h4,6,9H,1-3H2,(H,11,12). The Morgan fingerprint density at radius 1 is 1.79 bits per heavy atom. The molecule has 2 heterocycles. The van der Waals surface area contributed by atoms with E-state index in [1.165, 1.54) is 16.7 Å². The van der Waals surface area contributed by atoms with Crippen LogP contribution >= 0.6 is 11.3 Å². The van der Waals surface area contributed by atoms with Gasteiger partial charge in [-0.05, 0) is 0 Å². The summed E-state index contributed by atoms with van der Waals surface area (Å²) in [7, 11) is 0. The first-order valence-electron chi connectivity index (χ1n) is 4.28. The van der Waals surface area contributed by atoms with Gasteiger partial charge in [0.25, 0.3) is 0 Å². The molecule has 1 saturated heterocycles. The molecule has 14 heavy (non-hydrogen) atoms. The lowest BCUT2D eigenvalue weighted by Gasteiger charge is -2.21. The lowest BCUT2D eigenvalue weighted by atomic mass is 10.3. The molecule has 0 radical (unpaired) electrons. The fourth-order valence-electron chi connectivity index (χ4n) is 1.26. The maximum absolute atomic E-state index is 10.6. The minimum Gasteiger partial charge on any atom is -0.476 e. The number of aromatic carboxylic acids is 1. The highest BCUT2D eigenvalue weighted by molar-refractivity contribution is 7.09. The van der Waals surface area contributed by atoms with E-state index in [1.54, 1.807) is 0 Å². The van der Waals surface area contributed by atoms with Crippen LogP contribution in [0.25, 0.3) is 0 Å². The van der Waals surface area contributed by atoms with Crippen molar-refractivity contribution in [2.75, 3.05) is 19.7 Å². The Morgan fingerprint density at radius 2 is 2.64 bits per heavy atom. The van der Waals surface area contributed by atoms with Crippen molar-refractivity contribution < 1.29 is 14.6 Å². The molecule has 1 fully saturated rings. The summed E-state index contributed by atoms with van der Waals surface area (Å²) in [5.74, 6) is -0.990. The summed E-state index contributed by atoms with van der Waals surface area (Å²) >= 11 is 1.33. The Morgan fingerprint density at radius 3 is 3.21 bits per heavy atom. The first kappa shape index (κ1) is 9.57. The summed E-state index contributed by atoms with van der Waals surface area (Å²) < 4.78 is 5.45. The predicted molar refractivity (Wildman–Crippen MR) is 50.6 cm³/mol. The van der Waals surface area contributed by atoms with Gasteiger partial charge in [-0.1, -0.05) is 0 Å². The minimum atomic E-state index is -0.990.